The first-order valence-electron chi connectivity index (χ1n) is 7.73. The summed E-state index contributed by atoms with van der Waals surface area (Å²) < 4.78 is 16.2. The highest BCUT2D eigenvalue weighted by Crippen LogP contribution is 2.38. The number of benzene rings is 2. The van der Waals surface area contributed by atoms with Crippen molar-refractivity contribution in [3.63, 3.8) is 0 Å². The Hall–Kier alpha value is -3.39. The van der Waals surface area contributed by atoms with Crippen LogP contribution in [-0.2, 0) is 0 Å². The topological polar surface area (TPSA) is 96.6 Å². The standard InChI is InChI=1S/C18H14ClN3O5/c1-11-9-14(7-8-15(11)19)27-18-16(22(23)24)17(20-10-21-18)26-13-5-3-12(25-2)4-6-13/h3-10H,1-2H3. The van der Waals surface area contributed by atoms with E-state index in [1.165, 1.54) is 7.11 Å². The van der Waals surface area contributed by atoms with Crippen molar-refractivity contribution < 1.29 is 19.1 Å². The second-order valence-electron chi connectivity index (χ2n) is 5.38. The fraction of sp³-hybridized carbons (Fsp3) is 0.111. The minimum absolute atomic E-state index is 0.235. The van der Waals surface area contributed by atoms with Crippen molar-refractivity contribution in [1.29, 1.82) is 0 Å². The van der Waals surface area contributed by atoms with Crippen LogP contribution in [-0.4, -0.2) is 22.0 Å². The SMILES string of the molecule is COc1ccc(Oc2ncnc(Oc3ccc(Cl)c(C)c3)c2[N+](=O)[O-])cc1. The van der Waals surface area contributed by atoms with Crippen LogP contribution in [0.2, 0.25) is 5.02 Å². The minimum Gasteiger partial charge on any atom is -0.497 e. The van der Waals surface area contributed by atoms with Gasteiger partial charge in [-0.15, -0.1) is 0 Å². The number of halogens is 1. The van der Waals surface area contributed by atoms with Crippen LogP contribution in [0.1, 0.15) is 5.56 Å². The molecule has 0 N–H and O–H groups in total. The fourth-order valence-electron chi connectivity index (χ4n) is 2.20. The van der Waals surface area contributed by atoms with Gasteiger partial charge in [-0.1, -0.05) is 11.6 Å². The van der Waals surface area contributed by atoms with Crippen molar-refractivity contribution >= 4 is 17.3 Å². The Morgan fingerprint density at radius 3 is 2.07 bits per heavy atom. The second kappa shape index (κ2) is 7.88. The minimum atomic E-state index is -0.656. The summed E-state index contributed by atoms with van der Waals surface area (Å²) in [6.45, 7) is 1.79. The molecule has 0 aliphatic carbocycles. The van der Waals surface area contributed by atoms with Gasteiger partial charge in [0.1, 0.15) is 23.6 Å². The molecule has 1 heterocycles. The molecular weight excluding hydrogens is 374 g/mol. The maximum atomic E-state index is 11.6. The molecule has 0 fully saturated rings. The van der Waals surface area contributed by atoms with Gasteiger partial charge in [-0.3, -0.25) is 10.1 Å². The Labute approximate surface area is 159 Å². The predicted octanol–water partition coefficient (Wildman–Crippen LogP) is 4.94. The number of hydrogen-bond donors (Lipinski definition) is 0. The van der Waals surface area contributed by atoms with Crippen molar-refractivity contribution in [2.24, 2.45) is 0 Å². The summed E-state index contributed by atoms with van der Waals surface area (Å²) in [6.07, 6.45) is 1.13. The zero-order chi connectivity index (χ0) is 19.4. The van der Waals surface area contributed by atoms with Crippen LogP contribution in [0.4, 0.5) is 5.69 Å². The van der Waals surface area contributed by atoms with E-state index in [0.29, 0.717) is 22.3 Å². The molecule has 1 aromatic heterocycles. The summed E-state index contributed by atoms with van der Waals surface area (Å²) in [5, 5.41) is 12.1. The van der Waals surface area contributed by atoms with Gasteiger partial charge in [0.25, 0.3) is 0 Å². The summed E-state index contributed by atoms with van der Waals surface area (Å²) in [7, 11) is 1.53. The number of methoxy groups -OCH3 is 1. The van der Waals surface area contributed by atoms with E-state index < -0.39 is 10.6 Å². The summed E-state index contributed by atoms with van der Waals surface area (Å²) >= 11 is 5.98. The molecule has 0 spiro atoms. The smallest absolute Gasteiger partial charge is 0.393 e. The molecule has 0 aliphatic rings. The van der Waals surface area contributed by atoms with Crippen molar-refractivity contribution in [2.75, 3.05) is 7.11 Å². The highest BCUT2D eigenvalue weighted by molar-refractivity contribution is 6.31. The first-order chi connectivity index (χ1) is 13.0. The summed E-state index contributed by atoms with van der Waals surface area (Å²) in [6, 6.07) is 11.4. The third-order valence-corrected chi connectivity index (χ3v) is 3.98. The molecule has 0 unspecified atom stereocenters. The lowest BCUT2D eigenvalue weighted by Gasteiger charge is -2.09. The fourth-order valence-corrected chi connectivity index (χ4v) is 2.32. The molecule has 0 saturated heterocycles. The van der Waals surface area contributed by atoms with Gasteiger partial charge in [0.2, 0.25) is 0 Å². The van der Waals surface area contributed by atoms with Crippen molar-refractivity contribution in [1.82, 2.24) is 9.97 Å². The maximum absolute atomic E-state index is 11.6. The quantitative estimate of drug-likeness (QED) is 0.436. The summed E-state index contributed by atoms with van der Waals surface area (Å²) in [4.78, 5) is 18.6. The average Bonchev–Trinajstić information content (AvgIpc) is 2.65. The number of ether oxygens (including phenoxy) is 3. The highest BCUT2D eigenvalue weighted by atomic mass is 35.5. The zero-order valence-electron chi connectivity index (χ0n) is 14.4. The summed E-state index contributed by atoms with van der Waals surface area (Å²) in [5.41, 5.74) is 0.279. The van der Waals surface area contributed by atoms with Gasteiger partial charge in [-0.2, -0.15) is 9.97 Å². The molecule has 0 aliphatic heterocycles. The van der Waals surface area contributed by atoms with Crippen LogP contribution < -0.4 is 14.2 Å². The van der Waals surface area contributed by atoms with Crippen LogP contribution in [0.25, 0.3) is 0 Å². The van der Waals surface area contributed by atoms with E-state index in [0.717, 1.165) is 11.9 Å². The Bertz CT molecular complexity index is 979. The molecule has 3 rings (SSSR count). The van der Waals surface area contributed by atoms with Crippen LogP contribution in [0.5, 0.6) is 29.0 Å². The van der Waals surface area contributed by atoms with E-state index in [9.17, 15) is 10.1 Å². The van der Waals surface area contributed by atoms with Gasteiger partial charge in [0.15, 0.2) is 0 Å². The Kier molecular flexibility index (Phi) is 5.37. The van der Waals surface area contributed by atoms with Crippen molar-refractivity contribution in [2.45, 2.75) is 6.92 Å². The molecule has 138 valence electrons. The van der Waals surface area contributed by atoms with Crippen LogP contribution in [0, 0.1) is 17.0 Å². The van der Waals surface area contributed by atoms with E-state index in [1.54, 1.807) is 49.4 Å². The van der Waals surface area contributed by atoms with E-state index in [1.807, 2.05) is 0 Å². The molecular formula is C18H14ClN3O5. The first-order valence-corrected chi connectivity index (χ1v) is 8.11. The average molecular weight is 388 g/mol. The van der Waals surface area contributed by atoms with Gasteiger partial charge in [-0.25, -0.2) is 0 Å². The number of rotatable bonds is 6. The van der Waals surface area contributed by atoms with Crippen molar-refractivity contribution in [3.8, 4) is 29.0 Å². The lowest BCUT2D eigenvalue weighted by molar-refractivity contribution is -0.387. The molecule has 8 nitrogen and oxygen atoms in total. The van der Waals surface area contributed by atoms with E-state index in [2.05, 4.69) is 9.97 Å². The van der Waals surface area contributed by atoms with Gasteiger partial charge >= 0.3 is 17.4 Å². The number of aromatic nitrogens is 2. The number of hydrogen-bond acceptors (Lipinski definition) is 7. The van der Waals surface area contributed by atoms with Crippen molar-refractivity contribution in [3.05, 3.63) is 69.5 Å². The number of nitro groups is 1. The Morgan fingerprint density at radius 1 is 0.963 bits per heavy atom. The van der Waals surface area contributed by atoms with E-state index in [4.69, 9.17) is 25.8 Å². The molecule has 2 aromatic carbocycles. The van der Waals surface area contributed by atoms with Gasteiger partial charge in [0.05, 0.1) is 12.0 Å². The highest BCUT2D eigenvalue weighted by Gasteiger charge is 2.27. The van der Waals surface area contributed by atoms with Crippen LogP contribution in [0.15, 0.2) is 48.8 Å². The van der Waals surface area contributed by atoms with Gasteiger partial charge in [-0.05, 0) is 55.0 Å². The van der Waals surface area contributed by atoms with Gasteiger partial charge < -0.3 is 14.2 Å². The normalized spacial score (nSPS) is 10.3. The molecule has 0 bridgehead atoms. The predicted molar refractivity (Wildman–Crippen MR) is 98.0 cm³/mol. The van der Waals surface area contributed by atoms with Crippen LogP contribution in [0.3, 0.4) is 0 Å². The lowest BCUT2D eigenvalue weighted by atomic mass is 10.2. The van der Waals surface area contributed by atoms with E-state index >= 15 is 0 Å². The van der Waals surface area contributed by atoms with E-state index in [-0.39, 0.29) is 11.8 Å². The summed E-state index contributed by atoms with van der Waals surface area (Å²) in [5.74, 6) is 0.864. The molecule has 0 radical (unpaired) electrons. The monoisotopic (exact) mass is 387 g/mol. The first kappa shape index (κ1) is 18.4. The second-order valence-corrected chi connectivity index (χ2v) is 5.79. The lowest BCUT2D eigenvalue weighted by Crippen LogP contribution is -2.01. The molecule has 9 heteroatoms. The van der Waals surface area contributed by atoms with Gasteiger partial charge in [0, 0.05) is 5.02 Å². The molecule has 27 heavy (non-hydrogen) atoms. The zero-order valence-corrected chi connectivity index (χ0v) is 15.1. The maximum Gasteiger partial charge on any atom is 0.393 e. The Balaban J connectivity index is 1.94. The Morgan fingerprint density at radius 2 is 1.52 bits per heavy atom. The third kappa shape index (κ3) is 4.24. The third-order valence-electron chi connectivity index (χ3n) is 3.56. The molecule has 3 aromatic rings. The molecule has 0 saturated carbocycles. The number of aryl methyl sites for hydroxylation is 1. The molecule has 0 amide bonds. The number of nitrogens with zero attached hydrogens (tertiary/aromatic N) is 3. The van der Waals surface area contributed by atoms with Crippen LogP contribution >= 0.6 is 11.6 Å². The largest absolute Gasteiger partial charge is 0.497 e. The molecule has 0 atom stereocenters.